The summed E-state index contributed by atoms with van der Waals surface area (Å²) >= 11 is 6.54. The number of nitrogens with zero attached hydrogens (tertiary/aromatic N) is 4. The number of imidazole rings is 1. The Hall–Kier alpha value is -3.93. The molecule has 0 spiro atoms. The van der Waals surface area contributed by atoms with Gasteiger partial charge in [0.15, 0.2) is 0 Å². The van der Waals surface area contributed by atoms with Crippen molar-refractivity contribution in [1.29, 1.82) is 0 Å². The highest BCUT2D eigenvalue weighted by atomic mass is 35.5. The standard InChI is InChI=1S/C25H20ClF3N4O5/c1-13-12-31-23-18(7-8-20(34)37-38-24(35)14-5-6-14)32-22(17-4-2-3-9-30-17)21-16(26)10-15(36-25(27,28)29)11-19(21)33(13)23/h2-4,9-12,14,18H,5-8H2,1H3/t18-/m0/s1. The van der Waals surface area contributed by atoms with Crippen LogP contribution in [0.25, 0.3) is 5.69 Å². The van der Waals surface area contributed by atoms with Gasteiger partial charge in [-0.1, -0.05) is 17.7 Å². The smallest absolute Gasteiger partial charge is 0.406 e. The van der Waals surface area contributed by atoms with Gasteiger partial charge in [-0.05, 0) is 44.4 Å². The van der Waals surface area contributed by atoms with E-state index in [1.54, 1.807) is 35.9 Å². The number of benzene rings is 1. The molecule has 1 saturated carbocycles. The fraction of sp³-hybridized carbons (Fsp3) is 0.320. The number of pyridine rings is 1. The fourth-order valence-electron chi connectivity index (χ4n) is 4.12. The molecule has 1 aliphatic carbocycles. The van der Waals surface area contributed by atoms with E-state index >= 15 is 0 Å². The normalized spacial score (nSPS) is 16.6. The third-order valence-corrected chi connectivity index (χ3v) is 6.26. The van der Waals surface area contributed by atoms with E-state index in [0.717, 1.165) is 6.07 Å². The predicted molar refractivity (Wildman–Crippen MR) is 127 cm³/mol. The minimum atomic E-state index is -4.93. The molecule has 13 heteroatoms. The van der Waals surface area contributed by atoms with Crippen LogP contribution in [0, 0.1) is 12.8 Å². The monoisotopic (exact) mass is 548 g/mol. The predicted octanol–water partition coefficient (Wildman–Crippen LogP) is 5.21. The topological polar surface area (TPSA) is 105 Å². The van der Waals surface area contributed by atoms with Crippen molar-refractivity contribution < 1.29 is 37.3 Å². The minimum absolute atomic E-state index is 0.0442. The van der Waals surface area contributed by atoms with E-state index in [2.05, 4.69) is 24.5 Å². The van der Waals surface area contributed by atoms with E-state index in [-0.39, 0.29) is 29.5 Å². The second-order valence-corrected chi connectivity index (χ2v) is 9.23. The van der Waals surface area contributed by atoms with Crippen LogP contribution in [0.2, 0.25) is 5.02 Å². The Bertz CT molecular complexity index is 1420. The Morgan fingerprint density at radius 1 is 1.16 bits per heavy atom. The Labute approximate surface area is 219 Å². The molecule has 0 radical (unpaired) electrons. The van der Waals surface area contributed by atoms with Crippen LogP contribution in [-0.2, 0) is 19.4 Å². The molecule has 0 saturated heterocycles. The number of hydrogen-bond donors (Lipinski definition) is 0. The van der Waals surface area contributed by atoms with Gasteiger partial charge in [-0.15, -0.1) is 13.2 Å². The number of halogens is 4. The molecule has 1 atom stereocenters. The SMILES string of the molecule is Cc1cnc2n1-c1cc(OC(F)(F)F)cc(Cl)c1C(c1ccccn1)=N[C@H]2CCC(=O)OOC(=O)C1CC1. The molecule has 0 bridgehead atoms. The number of alkyl halides is 3. The Morgan fingerprint density at radius 3 is 2.63 bits per heavy atom. The fourth-order valence-corrected chi connectivity index (χ4v) is 4.41. The summed E-state index contributed by atoms with van der Waals surface area (Å²) in [5.74, 6) is -1.75. The van der Waals surface area contributed by atoms with E-state index in [1.807, 2.05) is 0 Å². The summed E-state index contributed by atoms with van der Waals surface area (Å²) in [6.07, 6.45) is -0.548. The van der Waals surface area contributed by atoms with Crippen molar-refractivity contribution in [3.8, 4) is 11.4 Å². The van der Waals surface area contributed by atoms with E-state index in [0.29, 0.717) is 41.3 Å². The number of aliphatic imine (C=N–C) groups is 1. The van der Waals surface area contributed by atoms with Crippen LogP contribution in [0.1, 0.15) is 54.5 Å². The maximum Gasteiger partial charge on any atom is 0.573 e. The zero-order valence-corrected chi connectivity index (χ0v) is 20.6. The Morgan fingerprint density at radius 2 is 1.95 bits per heavy atom. The van der Waals surface area contributed by atoms with Gasteiger partial charge >= 0.3 is 18.3 Å². The third-order valence-electron chi connectivity index (χ3n) is 5.96. The van der Waals surface area contributed by atoms with Crippen LogP contribution in [-0.4, -0.2) is 38.5 Å². The second-order valence-electron chi connectivity index (χ2n) is 8.82. The largest absolute Gasteiger partial charge is 0.573 e. The van der Waals surface area contributed by atoms with Crippen LogP contribution < -0.4 is 4.74 Å². The first-order valence-corrected chi connectivity index (χ1v) is 12.0. The molecule has 3 heterocycles. The number of aromatic nitrogens is 3. The van der Waals surface area contributed by atoms with Gasteiger partial charge in [0, 0.05) is 29.7 Å². The lowest BCUT2D eigenvalue weighted by Crippen LogP contribution is -2.18. The highest BCUT2D eigenvalue weighted by Gasteiger charge is 2.35. The number of carbonyl (C=O) groups is 2. The average molecular weight is 549 g/mol. The van der Waals surface area contributed by atoms with Crippen molar-refractivity contribution in [3.05, 3.63) is 70.5 Å². The highest BCUT2D eigenvalue weighted by molar-refractivity contribution is 6.36. The minimum Gasteiger partial charge on any atom is -0.406 e. The van der Waals surface area contributed by atoms with Crippen molar-refractivity contribution in [3.63, 3.8) is 0 Å². The summed E-state index contributed by atoms with van der Waals surface area (Å²) in [6.45, 7) is 1.72. The van der Waals surface area contributed by atoms with Crippen molar-refractivity contribution in [2.45, 2.75) is 45.0 Å². The average Bonchev–Trinajstić information content (AvgIpc) is 3.66. The highest BCUT2D eigenvalue weighted by Crippen LogP contribution is 2.39. The van der Waals surface area contributed by atoms with Crippen molar-refractivity contribution >= 4 is 29.3 Å². The third kappa shape index (κ3) is 5.49. The number of aryl methyl sites for hydroxylation is 1. The molecular weight excluding hydrogens is 529 g/mol. The molecule has 38 heavy (non-hydrogen) atoms. The first kappa shape index (κ1) is 25.7. The molecule has 0 N–H and O–H groups in total. The molecule has 0 amide bonds. The van der Waals surface area contributed by atoms with Crippen molar-refractivity contribution in [2.24, 2.45) is 10.9 Å². The van der Waals surface area contributed by atoms with Gasteiger partial charge in [-0.2, -0.15) is 0 Å². The molecule has 1 fully saturated rings. The van der Waals surface area contributed by atoms with Gasteiger partial charge in [0.2, 0.25) is 0 Å². The van der Waals surface area contributed by atoms with Crippen LogP contribution >= 0.6 is 11.6 Å². The number of rotatable bonds is 6. The molecule has 3 aromatic rings. The number of hydrogen-bond acceptors (Lipinski definition) is 8. The lowest BCUT2D eigenvalue weighted by molar-refractivity contribution is -0.274. The summed E-state index contributed by atoms with van der Waals surface area (Å²) in [6, 6.07) is 6.64. The van der Waals surface area contributed by atoms with Crippen LogP contribution in [0.15, 0.2) is 47.7 Å². The molecule has 2 aromatic heterocycles. The Kier molecular flexibility index (Phi) is 6.82. The molecule has 9 nitrogen and oxygen atoms in total. The number of ether oxygens (including phenoxy) is 1. The lowest BCUT2D eigenvalue weighted by Gasteiger charge is -2.17. The first-order chi connectivity index (χ1) is 18.1. The maximum atomic E-state index is 13.0. The molecule has 1 aliphatic heterocycles. The summed E-state index contributed by atoms with van der Waals surface area (Å²) < 4.78 is 44.9. The van der Waals surface area contributed by atoms with Gasteiger partial charge in [0.1, 0.15) is 17.6 Å². The van der Waals surface area contributed by atoms with E-state index in [1.165, 1.54) is 12.3 Å². The molecule has 5 rings (SSSR count). The van der Waals surface area contributed by atoms with Crippen molar-refractivity contribution in [1.82, 2.24) is 14.5 Å². The molecule has 2 aliphatic rings. The van der Waals surface area contributed by atoms with E-state index in [9.17, 15) is 22.8 Å². The maximum absolute atomic E-state index is 13.0. The summed E-state index contributed by atoms with van der Waals surface area (Å²) in [7, 11) is 0. The van der Waals surface area contributed by atoms with Crippen LogP contribution in [0.3, 0.4) is 0 Å². The quantitative estimate of drug-likeness (QED) is 0.307. The summed E-state index contributed by atoms with van der Waals surface area (Å²) in [5, 5.41) is -0.0442. The Balaban J connectivity index is 1.54. The zero-order chi connectivity index (χ0) is 27.0. The van der Waals surface area contributed by atoms with E-state index < -0.39 is 30.1 Å². The van der Waals surface area contributed by atoms with Gasteiger partial charge in [0.25, 0.3) is 0 Å². The molecule has 1 aromatic carbocycles. The van der Waals surface area contributed by atoms with Gasteiger partial charge in [0.05, 0.1) is 34.5 Å². The molecule has 198 valence electrons. The zero-order valence-electron chi connectivity index (χ0n) is 19.9. The molecular formula is C25H20ClF3N4O5. The summed E-state index contributed by atoms with van der Waals surface area (Å²) in [5.41, 5.74) is 1.88. The first-order valence-electron chi connectivity index (χ1n) is 11.7. The van der Waals surface area contributed by atoms with Gasteiger partial charge < -0.3 is 4.74 Å². The van der Waals surface area contributed by atoms with Crippen LogP contribution in [0.5, 0.6) is 5.75 Å². The van der Waals surface area contributed by atoms with E-state index in [4.69, 9.17) is 16.6 Å². The summed E-state index contributed by atoms with van der Waals surface area (Å²) in [4.78, 5) is 46.8. The molecule has 0 unspecified atom stereocenters. The lowest BCUT2D eigenvalue weighted by atomic mass is 10.0. The number of fused-ring (bicyclic) bond motifs is 3. The number of carbonyl (C=O) groups excluding carboxylic acids is 2. The van der Waals surface area contributed by atoms with Crippen molar-refractivity contribution in [2.75, 3.05) is 0 Å². The van der Waals surface area contributed by atoms with Crippen LogP contribution in [0.4, 0.5) is 13.2 Å². The van der Waals surface area contributed by atoms with Gasteiger partial charge in [-0.3, -0.25) is 14.5 Å². The van der Waals surface area contributed by atoms with Gasteiger partial charge in [-0.25, -0.2) is 24.3 Å². The second kappa shape index (κ2) is 10.1.